The van der Waals surface area contributed by atoms with Gasteiger partial charge < -0.3 is 15.7 Å². The van der Waals surface area contributed by atoms with Crippen LogP contribution in [0.2, 0.25) is 0 Å². The van der Waals surface area contributed by atoms with Crippen LogP contribution >= 0.6 is 0 Å². The molecular weight excluding hydrogens is 260 g/mol. The van der Waals surface area contributed by atoms with Crippen molar-refractivity contribution in [2.45, 2.75) is 39.2 Å². The summed E-state index contributed by atoms with van der Waals surface area (Å²) in [5.74, 6) is -0.775. The van der Waals surface area contributed by atoms with E-state index in [-0.39, 0.29) is 12.5 Å². The zero-order valence-electron chi connectivity index (χ0n) is 12.0. The zero-order valence-corrected chi connectivity index (χ0v) is 12.0. The van der Waals surface area contributed by atoms with Crippen LogP contribution in [0.3, 0.4) is 0 Å². The van der Waals surface area contributed by atoms with Crippen molar-refractivity contribution < 1.29 is 14.7 Å². The highest BCUT2D eigenvalue weighted by molar-refractivity contribution is 5.73. The molecule has 0 saturated heterocycles. The van der Waals surface area contributed by atoms with E-state index >= 15 is 0 Å². The molecule has 112 valence electrons. The van der Waals surface area contributed by atoms with Crippen molar-refractivity contribution in [2.24, 2.45) is 7.05 Å². The number of carboxylic acids is 1. The SMILES string of the molecule is Cc1c(CNC(=O)NCCCCCC(=O)O)cnn1C. The van der Waals surface area contributed by atoms with Gasteiger partial charge in [0.25, 0.3) is 0 Å². The van der Waals surface area contributed by atoms with Crippen LogP contribution in [0.4, 0.5) is 4.79 Å². The number of aliphatic carboxylic acids is 1. The fourth-order valence-corrected chi connectivity index (χ4v) is 1.74. The first-order valence-electron chi connectivity index (χ1n) is 6.71. The zero-order chi connectivity index (χ0) is 15.0. The molecule has 0 saturated carbocycles. The first-order chi connectivity index (χ1) is 9.50. The van der Waals surface area contributed by atoms with Gasteiger partial charge in [0.05, 0.1) is 6.20 Å². The molecule has 7 heteroatoms. The summed E-state index contributed by atoms with van der Waals surface area (Å²) in [7, 11) is 1.86. The summed E-state index contributed by atoms with van der Waals surface area (Å²) < 4.78 is 1.76. The number of aromatic nitrogens is 2. The average Bonchev–Trinajstić information content (AvgIpc) is 2.71. The molecule has 0 radical (unpaired) electrons. The fraction of sp³-hybridized carbons (Fsp3) is 0.615. The number of hydrogen-bond acceptors (Lipinski definition) is 3. The van der Waals surface area contributed by atoms with Gasteiger partial charge in [-0.15, -0.1) is 0 Å². The fourth-order valence-electron chi connectivity index (χ4n) is 1.74. The van der Waals surface area contributed by atoms with Gasteiger partial charge in [-0.05, 0) is 19.8 Å². The Balaban J connectivity index is 2.09. The highest BCUT2D eigenvalue weighted by atomic mass is 16.4. The standard InChI is InChI=1S/C13H22N4O3/c1-10-11(9-16-17(10)2)8-15-13(20)14-7-5-3-4-6-12(18)19/h9H,3-8H2,1-2H3,(H,18,19)(H2,14,15,20). The summed E-state index contributed by atoms with van der Waals surface area (Å²) in [6, 6.07) is -0.216. The van der Waals surface area contributed by atoms with Crippen molar-refractivity contribution in [2.75, 3.05) is 6.54 Å². The summed E-state index contributed by atoms with van der Waals surface area (Å²) >= 11 is 0. The number of urea groups is 1. The lowest BCUT2D eigenvalue weighted by Crippen LogP contribution is -2.35. The van der Waals surface area contributed by atoms with E-state index in [1.807, 2.05) is 14.0 Å². The number of amides is 2. The monoisotopic (exact) mass is 282 g/mol. The molecule has 3 N–H and O–H groups in total. The van der Waals surface area contributed by atoms with Gasteiger partial charge in [-0.3, -0.25) is 9.48 Å². The van der Waals surface area contributed by atoms with Crippen LogP contribution in [0.15, 0.2) is 6.20 Å². The number of aryl methyl sites for hydroxylation is 1. The number of rotatable bonds is 8. The molecular formula is C13H22N4O3. The molecule has 0 bridgehead atoms. The molecule has 0 aliphatic rings. The maximum atomic E-state index is 11.5. The van der Waals surface area contributed by atoms with Gasteiger partial charge in [0.2, 0.25) is 0 Å². The van der Waals surface area contributed by atoms with Crippen molar-refractivity contribution in [3.05, 3.63) is 17.5 Å². The molecule has 0 spiro atoms. The van der Waals surface area contributed by atoms with E-state index in [0.29, 0.717) is 19.5 Å². The van der Waals surface area contributed by atoms with Gasteiger partial charge in [0.1, 0.15) is 0 Å². The molecule has 0 aliphatic heterocycles. The largest absolute Gasteiger partial charge is 0.481 e. The van der Waals surface area contributed by atoms with Gasteiger partial charge >= 0.3 is 12.0 Å². The smallest absolute Gasteiger partial charge is 0.315 e. The second-order valence-corrected chi connectivity index (χ2v) is 4.69. The molecule has 1 aromatic rings. The lowest BCUT2D eigenvalue weighted by atomic mass is 10.2. The van der Waals surface area contributed by atoms with E-state index < -0.39 is 5.97 Å². The Bertz CT molecular complexity index is 456. The van der Waals surface area contributed by atoms with Crippen LogP contribution in [-0.4, -0.2) is 33.4 Å². The Labute approximate surface area is 118 Å². The molecule has 20 heavy (non-hydrogen) atoms. The molecule has 1 rings (SSSR count). The number of nitrogens with one attached hydrogen (secondary N) is 2. The highest BCUT2D eigenvalue weighted by Crippen LogP contribution is 2.04. The first kappa shape index (κ1) is 16.0. The Morgan fingerprint density at radius 3 is 2.65 bits per heavy atom. The van der Waals surface area contributed by atoms with E-state index in [1.165, 1.54) is 0 Å². The Morgan fingerprint density at radius 2 is 2.05 bits per heavy atom. The van der Waals surface area contributed by atoms with Gasteiger partial charge in [-0.2, -0.15) is 5.10 Å². The molecule has 1 aromatic heterocycles. The summed E-state index contributed by atoms with van der Waals surface area (Å²) in [6.07, 6.45) is 4.16. The van der Waals surface area contributed by atoms with Gasteiger partial charge in [0, 0.05) is 37.8 Å². The minimum Gasteiger partial charge on any atom is -0.481 e. The van der Waals surface area contributed by atoms with Crippen molar-refractivity contribution in [1.82, 2.24) is 20.4 Å². The molecule has 0 atom stereocenters. The quantitative estimate of drug-likeness (QED) is 0.624. The Hall–Kier alpha value is -2.05. The van der Waals surface area contributed by atoms with Crippen LogP contribution in [0, 0.1) is 6.92 Å². The molecule has 1 heterocycles. The third-order valence-corrected chi connectivity index (χ3v) is 3.13. The number of nitrogens with zero attached hydrogens (tertiary/aromatic N) is 2. The minimum atomic E-state index is -0.775. The molecule has 0 aromatic carbocycles. The summed E-state index contributed by atoms with van der Waals surface area (Å²) in [5, 5.41) is 18.1. The van der Waals surface area contributed by atoms with Gasteiger partial charge in [-0.1, -0.05) is 6.42 Å². The lowest BCUT2D eigenvalue weighted by Gasteiger charge is -2.07. The third-order valence-electron chi connectivity index (χ3n) is 3.13. The van der Waals surface area contributed by atoms with Gasteiger partial charge in [0.15, 0.2) is 0 Å². The van der Waals surface area contributed by atoms with E-state index in [9.17, 15) is 9.59 Å². The van der Waals surface area contributed by atoms with E-state index in [4.69, 9.17) is 5.11 Å². The summed E-state index contributed by atoms with van der Waals surface area (Å²) in [5.41, 5.74) is 2.02. The number of carboxylic acid groups (broad SMARTS) is 1. The first-order valence-corrected chi connectivity index (χ1v) is 6.71. The van der Waals surface area contributed by atoms with E-state index in [0.717, 1.165) is 24.1 Å². The number of hydrogen-bond donors (Lipinski definition) is 3. The Kier molecular flexibility index (Phi) is 6.55. The molecule has 2 amide bonds. The van der Waals surface area contributed by atoms with Crippen molar-refractivity contribution in [3.63, 3.8) is 0 Å². The lowest BCUT2D eigenvalue weighted by molar-refractivity contribution is -0.137. The van der Waals surface area contributed by atoms with Crippen LogP contribution in [0.1, 0.15) is 36.9 Å². The summed E-state index contributed by atoms with van der Waals surface area (Å²) in [4.78, 5) is 21.8. The topological polar surface area (TPSA) is 96.2 Å². The van der Waals surface area contributed by atoms with Crippen LogP contribution in [-0.2, 0) is 18.4 Å². The normalized spacial score (nSPS) is 10.3. The van der Waals surface area contributed by atoms with Crippen molar-refractivity contribution in [3.8, 4) is 0 Å². The molecule has 0 aliphatic carbocycles. The molecule has 0 fully saturated rings. The van der Waals surface area contributed by atoms with Crippen LogP contribution in [0.25, 0.3) is 0 Å². The Morgan fingerprint density at radius 1 is 1.30 bits per heavy atom. The second kappa shape index (κ2) is 8.19. The number of carbonyl (C=O) groups is 2. The maximum absolute atomic E-state index is 11.5. The third kappa shape index (κ3) is 5.73. The second-order valence-electron chi connectivity index (χ2n) is 4.69. The highest BCUT2D eigenvalue weighted by Gasteiger charge is 2.05. The predicted molar refractivity (Wildman–Crippen MR) is 74.3 cm³/mol. The average molecular weight is 282 g/mol. The van der Waals surface area contributed by atoms with Crippen molar-refractivity contribution >= 4 is 12.0 Å². The number of carbonyl (C=O) groups excluding carboxylic acids is 1. The van der Waals surface area contributed by atoms with Crippen LogP contribution in [0.5, 0.6) is 0 Å². The van der Waals surface area contributed by atoms with Crippen molar-refractivity contribution in [1.29, 1.82) is 0 Å². The molecule has 0 unspecified atom stereocenters. The minimum absolute atomic E-state index is 0.187. The molecule has 7 nitrogen and oxygen atoms in total. The van der Waals surface area contributed by atoms with E-state index in [2.05, 4.69) is 15.7 Å². The van der Waals surface area contributed by atoms with Gasteiger partial charge in [-0.25, -0.2) is 4.79 Å². The predicted octanol–water partition coefficient (Wildman–Crippen LogP) is 1.17. The summed E-state index contributed by atoms with van der Waals surface area (Å²) in [6.45, 7) is 2.95. The van der Waals surface area contributed by atoms with Crippen LogP contribution < -0.4 is 10.6 Å². The van der Waals surface area contributed by atoms with E-state index in [1.54, 1.807) is 10.9 Å². The number of unbranched alkanes of at least 4 members (excludes halogenated alkanes) is 2. The maximum Gasteiger partial charge on any atom is 0.315 e.